The van der Waals surface area contributed by atoms with Gasteiger partial charge in [-0.2, -0.15) is 0 Å². The molecule has 2 aromatic rings. The van der Waals surface area contributed by atoms with Gasteiger partial charge in [-0.25, -0.2) is 0 Å². The average molecular weight is 337 g/mol. The lowest BCUT2D eigenvalue weighted by atomic mass is 9.98. The lowest BCUT2D eigenvalue weighted by molar-refractivity contribution is 0.0679. The van der Waals surface area contributed by atoms with Crippen LogP contribution in [0.25, 0.3) is 0 Å². The molecule has 0 aliphatic carbocycles. The first-order valence-electron chi connectivity index (χ1n) is 9.04. The van der Waals surface area contributed by atoms with Crippen LogP contribution in [0.5, 0.6) is 0 Å². The van der Waals surface area contributed by atoms with Crippen LogP contribution < -0.4 is 0 Å². The summed E-state index contributed by atoms with van der Waals surface area (Å²) in [6.45, 7) is 5.23. The minimum Gasteiger partial charge on any atom is -0.334 e. The van der Waals surface area contributed by atoms with Crippen LogP contribution in [-0.2, 0) is 6.42 Å². The van der Waals surface area contributed by atoms with E-state index in [0.29, 0.717) is 17.6 Å². The summed E-state index contributed by atoms with van der Waals surface area (Å²) >= 11 is 0. The third kappa shape index (κ3) is 3.90. The van der Waals surface area contributed by atoms with Crippen LogP contribution >= 0.6 is 0 Å². The third-order valence-corrected chi connectivity index (χ3v) is 5.30. The van der Waals surface area contributed by atoms with Crippen molar-refractivity contribution in [3.63, 3.8) is 0 Å². The molecule has 25 heavy (non-hydrogen) atoms. The monoisotopic (exact) mass is 337 g/mol. The molecular formula is C21H27N3O. The van der Waals surface area contributed by atoms with Gasteiger partial charge < -0.3 is 4.90 Å². The van der Waals surface area contributed by atoms with E-state index < -0.39 is 0 Å². The zero-order chi connectivity index (χ0) is 17.8. The predicted molar refractivity (Wildman–Crippen MR) is 101 cm³/mol. The van der Waals surface area contributed by atoms with Crippen molar-refractivity contribution in [1.82, 2.24) is 14.8 Å². The summed E-state index contributed by atoms with van der Waals surface area (Å²) in [6, 6.07) is 15.2. The first-order valence-corrected chi connectivity index (χ1v) is 9.04. The van der Waals surface area contributed by atoms with Crippen molar-refractivity contribution in [2.45, 2.75) is 44.8 Å². The van der Waals surface area contributed by atoms with Crippen molar-refractivity contribution in [3.8, 4) is 0 Å². The van der Waals surface area contributed by atoms with E-state index in [9.17, 15) is 4.79 Å². The lowest BCUT2D eigenvalue weighted by Crippen LogP contribution is -2.48. The van der Waals surface area contributed by atoms with Crippen LogP contribution in [0.1, 0.15) is 36.2 Å². The lowest BCUT2D eigenvalue weighted by Gasteiger charge is -2.35. The van der Waals surface area contributed by atoms with E-state index in [4.69, 9.17) is 0 Å². The number of nitrogens with zero attached hydrogens (tertiary/aromatic N) is 3. The van der Waals surface area contributed by atoms with Gasteiger partial charge in [0, 0.05) is 31.0 Å². The van der Waals surface area contributed by atoms with Gasteiger partial charge in [0.05, 0.1) is 11.6 Å². The highest BCUT2D eigenvalue weighted by Crippen LogP contribution is 2.28. The number of carbonyl (C=O) groups is 1. The topological polar surface area (TPSA) is 36.4 Å². The molecule has 3 rings (SSSR count). The number of pyridine rings is 1. The highest BCUT2D eigenvalue weighted by atomic mass is 16.2. The quantitative estimate of drug-likeness (QED) is 0.840. The van der Waals surface area contributed by atoms with Gasteiger partial charge in [-0.05, 0) is 51.4 Å². The van der Waals surface area contributed by atoms with Crippen molar-refractivity contribution < 1.29 is 4.79 Å². The number of hydrogen-bond donors (Lipinski definition) is 0. The van der Waals surface area contributed by atoms with Gasteiger partial charge in [0.2, 0.25) is 0 Å². The Morgan fingerprint density at radius 3 is 2.64 bits per heavy atom. The Labute approximate surface area is 150 Å². The Morgan fingerprint density at radius 2 is 2.00 bits per heavy atom. The number of benzene rings is 1. The molecule has 1 amide bonds. The SMILES string of the molecule is CC(C)N(C)[C@@H]1CCN(C(=O)c2cccnc2)[C@H]1Cc1ccccc1. The Balaban J connectivity index is 1.87. The molecule has 0 unspecified atom stereocenters. The van der Waals surface area contributed by atoms with Crippen molar-refractivity contribution in [2.24, 2.45) is 0 Å². The van der Waals surface area contributed by atoms with Gasteiger partial charge in [0.25, 0.3) is 5.91 Å². The van der Waals surface area contributed by atoms with E-state index in [1.54, 1.807) is 12.4 Å². The van der Waals surface area contributed by atoms with Crippen LogP contribution in [0.15, 0.2) is 54.9 Å². The largest absolute Gasteiger partial charge is 0.334 e. The van der Waals surface area contributed by atoms with E-state index in [0.717, 1.165) is 19.4 Å². The molecule has 0 radical (unpaired) electrons. The van der Waals surface area contributed by atoms with E-state index in [2.05, 4.69) is 55.0 Å². The Hall–Kier alpha value is -2.20. The summed E-state index contributed by atoms with van der Waals surface area (Å²) in [4.78, 5) is 21.6. The maximum atomic E-state index is 13.1. The molecule has 1 aromatic carbocycles. The molecule has 0 saturated carbocycles. The van der Waals surface area contributed by atoms with Crippen LogP contribution in [-0.4, -0.2) is 52.4 Å². The molecular weight excluding hydrogens is 310 g/mol. The van der Waals surface area contributed by atoms with Gasteiger partial charge in [0.15, 0.2) is 0 Å². The molecule has 1 fully saturated rings. The minimum absolute atomic E-state index is 0.0914. The summed E-state index contributed by atoms with van der Waals surface area (Å²) in [5, 5.41) is 0. The fourth-order valence-corrected chi connectivity index (χ4v) is 3.70. The van der Waals surface area contributed by atoms with E-state index in [1.807, 2.05) is 23.1 Å². The summed E-state index contributed by atoms with van der Waals surface area (Å²) in [7, 11) is 2.17. The van der Waals surface area contributed by atoms with Gasteiger partial charge in [0.1, 0.15) is 0 Å². The fourth-order valence-electron chi connectivity index (χ4n) is 3.70. The summed E-state index contributed by atoms with van der Waals surface area (Å²) in [5.41, 5.74) is 1.95. The standard InChI is InChI=1S/C21H27N3O/c1-16(2)23(3)19-11-13-24(21(25)18-10-7-12-22-15-18)20(19)14-17-8-5-4-6-9-17/h4-10,12,15-16,19-20H,11,13-14H2,1-3H3/t19-,20+/m1/s1. The summed E-state index contributed by atoms with van der Waals surface area (Å²) in [5.74, 6) is 0.0914. The van der Waals surface area contributed by atoms with Crippen molar-refractivity contribution >= 4 is 5.91 Å². The molecule has 0 N–H and O–H groups in total. The minimum atomic E-state index is 0.0914. The predicted octanol–water partition coefficient (Wildman–Crippen LogP) is 3.25. The van der Waals surface area contributed by atoms with Crippen LogP contribution in [0.2, 0.25) is 0 Å². The van der Waals surface area contributed by atoms with Gasteiger partial charge in [-0.1, -0.05) is 30.3 Å². The average Bonchev–Trinajstić information content (AvgIpc) is 3.05. The summed E-state index contributed by atoms with van der Waals surface area (Å²) in [6.07, 6.45) is 5.27. The molecule has 0 bridgehead atoms. The Kier molecular flexibility index (Phi) is 5.49. The highest BCUT2D eigenvalue weighted by molar-refractivity contribution is 5.94. The molecule has 2 heterocycles. The van der Waals surface area contributed by atoms with E-state index in [-0.39, 0.29) is 11.9 Å². The van der Waals surface area contributed by atoms with Gasteiger partial charge >= 0.3 is 0 Å². The van der Waals surface area contributed by atoms with Crippen molar-refractivity contribution in [2.75, 3.05) is 13.6 Å². The zero-order valence-electron chi connectivity index (χ0n) is 15.3. The van der Waals surface area contributed by atoms with Crippen LogP contribution in [0, 0.1) is 0 Å². The first-order chi connectivity index (χ1) is 12.1. The molecule has 132 valence electrons. The molecule has 1 saturated heterocycles. The number of likely N-dealkylation sites (tertiary alicyclic amines) is 1. The molecule has 1 aliphatic heterocycles. The molecule has 0 spiro atoms. The maximum Gasteiger partial charge on any atom is 0.255 e. The zero-order valence-corrected chi connectivity index (χ0v) is 15.3. The molecule has 1 aromatic heterocycles. The Bertz CT molecular complexity index is 687. The van der Waals surface area contributed by atoms with E-state index in [1.165, 1.54) is 5.56 Å². The number of hydrogen-bond acceptors (Lipinski definition) is 3. The Morgan fingerprint density at radius 1 is 1.24 bits per heavy atom. The van der Waals surface area contributed by atoms with Crippen LogP contribution in [0.4, 0.5) is 0 Å². The fraction of sp³-hybridized carbons (Fsp3) is 0.429. The number of likely N-dealkylation sites (N-methyl/N-ethyl adjacent to an activating group) is 1. The van der Waals surface area contributed by atoms with E-state index >= 15 is 0 Å². The number of amides is 1. The molecule has 4 nitrogen and oxygen atoms in total. The smallest absolute Gasteiger partial charge is 0.255 e. The number of carbonyl (C=O) groups excluding carboxylic acids is 1. The van der Waals surface area contributed by atoms with Gasteiger partial charge in [-0.3, -0.25) is 14.7 Å². The molecule has 4 heteroatoms. The van der Waals surface area contributed by atoms with Gasteiger partial charge in [-0.15, -0.1) is 0 Å². The van der Waals surface area contributed by atoms with Crippen LogP contribution in [0.3, 0.4) is 0 Å². The van der Waals surface area contributed by atoms with Crippen molar-refractivity contribution in [3.05, 3.63) is 66.0 Å². The molecule has 2 atom stereocenters. The number of aromatic nitrogens is 1. The summed E-state index contributed by atoms with van der Waals surface area (Å²) < 4.78 is 0. The van der Waals surface area contributed by atoms with Crippen molar-refractivity contribution in [1.29, 1.82) is 0 Å². The second kappa shape index (κ2) is 7.79. The first kappa shape index (κ1) is 17.6. The normalized spacial score (nSPS) is 20.4. The molecule has 1 aliphatic rings. The number of rotatable bonds is 5. The second-order valence-electron chi connectivity index (χ2n) is 7.11. The highest BCUT2D eigenvalue weighted by Gasteiger charge is 2.39. The maximum absolute atomic E-state index is 13.1. The third-order valence-electron chi connectivity index (χ3n) is 5.30. The second-order valence-corrected chi connectivity index (χ2v) is 7.11.